The van der Waals surface area contributed by atoms with Gasteiger partial charge in [0.1, 0.15) is 0 Å². The summed E-state index contributed by atoms with van der Waals surface area (Å²) in [5.74, 6) is 1.00. The minimum atomic E-state index is 0.499. The van der Waals surface area contributed by atoms with Crippen LogP contribution in [0, 0.1) is 6.92 Å². The third kappa shape index (κ3) is 4.50. The number of benzene rings is 6. The summed E-state index contributed by atoms with van der Waals surface area (Å²) in [5, 5.41) is 11.2. The van der Waals surface area contributed by atoms with Gasteiger partial charge in [-0.3, -0.25) is 0 Å². The highest BCUT2D eigenvalue weighted by atomic mass is 16.4. The number of nitrogens with zero attached hydrogens (tertiary/aromatic N) is 3. The molecule has 0 fully saturated rings. The van der Waals surface area contributed by atoms with Crippen molar-refractivity contribution in [3.05, 3.63) is 151 Å². The molecule has 0 aliphatic carbocycles. The number of para-hydroxylation sites is 1. The minimum absolute atomic E-state index is 0.499. The van der Waals surface area contributed by atoms with Crippen LogP contribution in [-0.2, 0) is 0 Å². The molecule has 0 spiro atoms. The van der Waals surface area contributed by atoms with Crippen molar-refractivity contribution >= 4 is 21.8 Å². The number of hydrogen-bond donors (Lipinski definition) is 0. The molecule has 0 saturated heterocycles. The SMILES string of the molecule is Cc1ccc(-c2ccc(-c3nnc(-c4ccc(-n5c6ccccc6c6cc(-c7ccccc7)ccc65)cc4)o3)cc2)cc1. The van der Waals surface area contributed by atoms with E-state index < -0.39 is 0 Å². The lowest BCUT2D eigenvalue weighted by molar-refractivity contribution is 0.584. The Hall–Kier alpha value is -5.74. The summed E-state index contributed by atoms with van der Waals surface area (Å²) in [4.78, 5) is 0. The van der Waals surface area contributed by atoms with Crippen molar-refractivity contribution in [2.24, 2.45) is 0 Å². The van der Waals surface area contributed by atoms with Crippen molar-refractivity contribution in [3.63, 3.8) is 0 Å². The van der Waals surface area contributed by atoms with Crippen molar-refractivity contribution in [1.82, 2.24) is 14.8 Å². The first-order valence-electron chi connectivity index (χ1n) is 14.4. The van der Waals surface area contributed by atoms with E-state index in [2.05, 4.69) is 143 Å². The first kappa shape index (κ1) is 25.0. The summed E-state index contributed by atoms with van der Waals surface area (Å²) in [6.45, 7) is 2.10. The van der Waals surface area contributed by atoms with E-state index in [0.717, 1.165) is 22.4 Å². The van der Waals surface area contributed by atoms with Crippen molar-refractivity contribution < 1.29 is 4.42 Å². The molecule has 204 valence electrons. The second-order valence-electron chi connectivity index (χ2n) is 10.9. The third-order valence-corrected chi connectivity index (χ3v) is 8.09. The quantitative estimate of drug-likeness (QED) is 0.213. The van der Waals surface area contributed by atoms with Gasteiger partial charge < -0.3 is 8.98 Å². The van der Waals surface area contributed by atoms with Crippen LogP contribution in [0.15, 0.2) is 150 Å². The first-order valence-corrected chi connectivity index (χ1v) is 14.4. The molecule has 8 rings (SSSR count). The van der Waals surface area contributed by atoms with E-state index in [-0.39, 0.29) is 0 Å². The van der Waals surface area contributed by atoms with Crippen LogP contribution >= 0.6 is 0 Å². The van der Waals surface area contributed by atoms with Gasteiger partial charge in [-0.15, -0.1) is 10.2 Å². The van der Waals surface area contributed by atoms with Gasteiger partial charge in [-0.25, -0.2) is 0 Å². The molecule has 0 aliphatic heterocycles. The van der Waals surface area contributed by atoms with Crippen LogP contribution in [0.2, 0.25) is 0 Å². The maximum atomic E-state index is 6.11. The predicted octanol–water partition coefficient (Wildman–Crippen LogP) is 10.1. The lowest BCUT2D eigenvalue weighted by Gasteiger charge is -2.09. The van der Waals surface area contributed by atoms with Gasteiger partial charge in [0.2, 0.25) is 11.8 Å². The minimum Gasteiger partial charge on any atom is -0.416 e. The van der Waals surface area contributed by atoms with Gasteiger partial charge in [0.25, 0.3) is 0 Å². The molecule has 2 aromatic heterocycles. The number of aromatic nitrogens is 3. The van der Waals surface area contributed by atoms with E-state index in [0.29, 0.717) is 11.8 Å². The zero-order valence-corrected chi connectivity index (χ0v) is 23.6. The van der Waals surface area contributed by atoms with Gasteiger partial charge in [-0.2, -0.15) is 0 Å². The summed E-state index contributed by atoms with van der Waals surface area (Å²) in [5.41, 5.74) is 11.2. The third-order valence-electron chi connectivity index (χ3n) is 8.09. The number of fused-ring (bicyclic) bond motifs is 3. The lowest BCUT2D eigenvalue weighted by atomic mass is 10.0. The Kier molecular flexibility index (Phi) is 5.97. The Balaban J connectivity index is 1.11. The van der Waals surface area contributed by atoms with E-state index in [1.165, 1.54) is 44.1 Å². The van der Waals surface area contributed by atoms with Crippen LogP contribution in [0.3, 0.4) is 0 Å². The van der Waals surface area contributed by atoms with E-state index in [9.17, 15) is 0 Å². The Morgan fingerprint density at radius 1 is 0.442 bits per heavy atom. The smallest absolute Gasteiger partial charge is 0.248 e. The summed E-state index contributed by atoms with van der Waals surface area (Å²) < 4.78 is 8.43. The molecule has 0 amide bonds. The average Bonchev–Trinajstić information content (AvgIpc) is 3.69. The van der Waals surface area contributed by atoms with Crippen molar-refractivity contribution in [1.29, 1.82) is 0 Å². The van der Waals surface area contributed by atoms with Crippen molar-refractivity contribution in [2.45, 2.75) is 6.92 Å². The van der Waals surface area contributed by atoms with Gasteiger partial charge in [-0.1, -0.05) is 96.6 Å². The Labute approximate surface area is 249 Å². The molecule has 0 radical (unpaired) electrons. The number of hydrogen-bond acceptors (Lipinski definition) is 3. The summed E-state index contributed by atoms with van der Waals surface area (Å²) in [7, 11) is 0. The average molecular weight is 554 g/mol. The molecule has 2 heterocycles. The maximum absolute atomic E-state index is 6.11. The van der Waals surface area contributed by atoms with E-state index >= 15 is 0 Å². The Bertz CT molecular complexity index is 2210. The van der Waals surface area contributed by atoms with E-state index in [4.69, 9.17) is 4.42 Å². The second-order valence-corrected chi connectivity index (χ2v) is 10.9. The highest BCUT2D eigenvalue weighted by Crippen LogP contribution is 2.35. The molecule has 0 N–H and O–H groups in total. The molecule has 0 saturated carbocycles. The lowest BCUT2D eigenvalue weighted by Crippen LogP contribution is -1.93. The fourth-order valence-corrected chi connectivity index (χ4v) is 5.82. The fraction of sp³-hybridized carbons (Fsp3) is 0.0256. The summed E-state index contributed by atoms with van der Waals surface area (Å²) >= 11 is 0. The van der Waals surface area contributed by atoms with Crippen LogP contribution in [0.4, 0.5) is 0 Å². The molecule has 0 atom stereocenters. The second kappa shape index (κ2) is 10.3. The van der Waals surface area contributed by atoms with Crippen LogP contribution in [0.5, 0.6) is 0 Å². The zero-order chi connectivity index (χ0) is 28.8. The predicted molar refractivity (Wildman–Crippen MR) is 175 cm³/mol. The van der Waals surface area contributed by atoms with Crippen LogP contribution in [0.1, 0.15) is 5.56 Å². The molecule has 4 heteroatoms. The monoisotopic (exact) mass is 553 g/mol. The van der Waals surface area contributed by atoms with Gasteiger partial charge in [0.05, 0.1) is 11.0 Å². The van der Waals surface area contributed by atoms with E-state index in [1.807, 2.05) is 24.3 Å². The zero-order valence-electron chi connectivity index (χ0n) is 23.6. The van der Waals surface area contributed by atoms with Crippen LogP contribution in [0.25, 0.3) is 72.7 Å². The fourth-order valence-electron chi connectivity index (χ4n) is 5.82. The van der Waals surface area contributed by atoms with Crippen molar-refractivity contribution in [3.8, 4) is 50.8 Å². The van der Waals surface area contributed by atoms with Crippen molar-refractivity contribution in [2.75, 3.05) is 0 Å². The topological polar surface area (TPSA) is 43.9 Å². The van der Waals surface area contributed by atoms with Crippen LogP contribution < -0.4 is 0 Å². The Morgan fingerprint density at radius 3 is 1.65 bits per heavy atom. The maximum Gasteiger partial charge on any atom is 0.248 e. The highest BCUT2D eigenvalue weighted by Gasteiger charge is 2.15. The van der Waals surface area contributed by atoms with Gasteiger partial charge >= 0.3 is 0 Å². The van der Waals surface area contributed by atoms with E-state index in [1.54, 1.807) is 0 Å². The molecule has 0 bridgehead atoms. The van der Waals surface area contributed by atoms with Gasteiger partial charge in [0, 0.05) is 27.6 Å². The number of rotatable bonds is 5. The normalized spacial score (nSPS) is 11.4. The first-order chi connectivity index (χ1) is 21.2. The highest BCUT2D eigenvalue weighted by molar-refractivity contribution is 6.10. The summed E-state index contributed by atoms with van der Waals surface area (Å²) in [6, 6.07) is 50.9. The summed E-state index contributed by atoms with van der Waals surface area (Å²) in [6.07, 6.45) is 0. The van der Waals surface area contributed by atoms with Crippen LogP contribution in [-0.4, -0.2) is 14.8 Å². The number of aryl methyl sites for hydroxylation is 1. The molecule has 43 heavy (non-hydrogen) atoms. The van der Waals surface area contributed by atoms with Gasteiger partial charge in [0.15, 0.2) is 0 Å². The molecule has 4 nitrogen and oxygen atoms in total. The molecule has 8 aromatic rings. The molecule has 6 aromatic carbocycles. The standard InChI is InChI=1S/C39H27N3O/c1-26-11-13-28(14-12-26)29-15-17-30(18-16-29)38-40-41-39(43-38)31-19-22-33(23-20-31)42-36-10-6-5-9-34(36)35-25-32(21-24-37(35)42)27-7-3-2-4-8-27/h2-25H,1H3. The Morgan fingerprint density at radius 2 is 0.953 bits per heavy atom. The molecular formula is C39H27N3O. The molecule has 0 aliphatic rings. The molecular weight excluding hydrogens is 526 g/mol. The largest absolute Gasteiger partial charge is 0.416 e. The van der Waals surface area contributed by atoms with Gasteiger partial charge in [-0.05, 0) is 83.8 Å². The molecule has 0 unspecified atom stereocenters.